The highest BCUT2D eigenvalue weighted by Crippen LogP contribution is 2.27. The van der Waals surface area contributed by atoms with Gasteiger partial charge in [-0.15, -0.1) is 11.3 Å². The van der Waals surface area contributed by atoms with Gasteiger partial charge >= 0.3 is 5.97 Å². The molecule has 6 nitrogen and oxygen atoms in total. The van der Waals surface area contributed by atoms with Gasteiger partial charge in [0.1, 0.15) is 23.4 Å². The van der Waals surface area contributed by atoms with E-state index in [-0.39, 0.29) is 13.2 Å². The number of ether oxygens (including phenoxy) is 2. The minimum absolute atomic E-state index is 0.237. The Morgan fingerprint density at radius 2 is 2.21 bits per heavy atom. The molecule has 2 heterocycles. The van der Waals surface area contributed by atoms with E-state index >= 15 is 0 Å². The summed E-state index contributed by atoms with van der Waals surface area (Å²) in [7, 11) is 0. The zero-order valence-electron chi connectivity index (χ0n) is 12.7. The van der Waals surface area contributed by atoms with Gasteiger partial charge in [0.15, 0.2) is 6.61 Å². The van der Waals surface area contributed by atoms with E-state index in [1.54, 1.807) is 11.4 Å². The third-order valence-electron chi connectivity index (χ3n) is 3.60. The van der Waals surface area contributed by atoms with Crippen LogP contribution >= 0.6 is 11.3 Å². The SMILES string of the molecule is N#Cc1ccsc1NC(=O)COC(=O)[C@H]1COc2ccccc2C1. The minimum Gasteiger partial charge on any atom is -0.492 e. The molecule has 122 valence electrons. The fourth-order valence-electron chi connectivity index (χ4n) is 2.39. The number of fused-ring (bicyclic) bond motifs is 1. The van der Waals surface area contributed by atoms with Crippen LogP contribution in [0.3, 0.4) is 0 Å². The Hall–Kier alpha value is -2.85. The molecule has 0 saturated heterocycles. The average Bonchev–Trinajstić information content (AvgIpc) is 3.06. The van der Waals surface area contributed by atoms with Crippen molar-refractivity contribution in [3.8, 4) is 11.8 Å². The lowest BCUT2D eigenvalue weighted by Gasteiger charge is -2.23. The smallest absolute Gasteiger partial charge is 0.313 e. The van der Waals surface area contributed by atoms with E-state index in [4.69, 9.17) is 14.7 Å². The van der Waals surface area contributed by atoms with Crippen molar-refractivity contribution in [2.24, 2.45) is 5.92 Å². The molecule has 0 bridgehead atoms. The molecule has 1 aliphatic rings. The van der Waals surface area contributed by atoms with Crippen molar-refractivity contribution in [2.75, 3.05) is 18.5 Å². The summed E-state index contributed by atoms with van der Waals surface area (Å²) in [5, 5.41) is 13.6. The van der Waals surface area contributed by atoms with Crippen LogP contribution < -0.4 is 10.1 Å². The molecular weight excluding hydrogens is 328 g/mol. The summed E-state index contributed by atoms with van der Waals surface area (Å²) in [5.41, 5.74) is 1.34. The molecule has 0 radical (unpaired) electrons. The third kappa shape index (κ3) is 3.55. The number of para-hydroxylation sites is 1. The number of nitrogens with zero attached hydrogens (tertiary/aromatic N) is 1. The molecule has 1 atom stereocenters. The van der Waals surface area contributed by atoms with E-state index in [0.29, 0.717) is 17.0 Å². The number of amides is 1. The number of anilines is 1. The van der Waals surface area contributed by atoms with Crippen LogP contribution in [-0.4, -0.2) is 25.1 Å². The largest absolute Gasteiger partial charge is 0.492 e. The highest BCUT2D eigenvalue weighted by atomic mass is 32.1. The summed E-state index contributed by atoms with van der Waals surface area (Å²) < 4.78 is 10.6. The number of carbonyl (C=O) groups is 2. The van der Waals surface area contributed by atoms with Crippen LogP contribution in [0.2, 0.25) is 0 Å². The van der Waals surface area contributed by atoms with Gasteiger partial charge in [0.25, 0.3) is 5.91 Å². The van der Waals surface area contributed by atoms with Crippen molar-refractivity contribution in [1.29, 1.82) is 5.26 Å². The normalized spacial score (nSPS) is 15.5. The molecule has 1 aromatic carbocycles. The van der Waals surface area contributed by atoms with Crippen molar-refractivity contribution in [3.63, 3.8) is 0 Å². The van der Waals surface area contributed by atoms with Crippen LogP contribution in [-0.2, 0) is 20.7 Å². The Morgan fingerprint density at radius 1 is 1.38 bits per heavy atom. The first-order valence-electron chi connectivity index (χ1n) is 7.32. The van der Waals surface area contributed by atoms with Crippen LogP contribution in [0.15, 0.2) is 35.7 Å². The quantitative estimate of drug-likeness (QED) is 0.862. The van der Waals surface area contributed by atoms with Crippen molar-refractivity contribution in [1.82, 2.24) is 0 Å². The van der Waals surface area contributed by atoms with Gasteiger partial charge < -0.3 is 14.8 Å². The summed E-state index contributed by atoms with van der Waals surface area (Å²) in [6.07, 6.45) is 0.528. The maximum absolute atomic E-state index is 12.1. The van der Waals surface area contributed by atoms with Gasteiger partial charge in [-0.05, 0) is 29.5 Å². The molecule has 24 heavy (non-hydrogen) atoms. The van der Waals surface area contributed by atoms with E-state index in [2.05, 4.69) is 5.32 Å². The number of hydrogen-bond acceptors (Lipinski definition) is 6. The number of carbonyl (C=O) groups excluding carboxylic acids is 2. The second kappa shape index (κ2) is 7.15. The van der Waals surface area contributed by atoms with E-state index in [1.165, 1.54) is 11.3 Å². The number of hydrogen-bond donors (Lipinski definition) is 1. The Labute approximate surface area is 142 Å². The van der Waals surface area contributed by atoms with Gasteiger partial charge in [0, 0.05) is 0 Å². The fraction of sp³-hybridized carbons (Fsp3) is 0.235. The molecule has 0 aliphatic carbocycles. The van der Waals surface area contributed by atoms with Crippen LogP contribution in [0, 0.1) is 17.2 Å². The predicted molar refractivity (Wildman–Crippen MR) is 87.8 cm³/mol. The van der Waals surface area contributed by atoms with Crippen LogP contribution in [0.25, 0.3) is 0 Å². The van der Waals surface area contributed by atoms with Gasteiger partial charge in [-0.2, -0.15) is 5.26 Å². The zero-order chi connectivity index (χ0) is 16.9. The van der Waals surface area contributed by atoms with Gasteiger partial charge in [-0.3, -0.25) is 9.59 Å². The standard InChI is InChI=1S/C17H14N2O4S/c18-8-12-5-6-24-16(12)19-15(20)10-23-17(21)13-7-11-3-1-2-4-14(11)22-9-13/h1-6,13H,7,9-10H2,(H,19,20)/t13-/m1/s1. The number of esters is 1. The first kappa shape index (κ1) is 16.0. The average molecular weight is 342 g/mol. The molecule has 7 heteroatoms. The number of benzene rings is 1. The second-order valence-electron chi connectivity index (χ2n) is 5.25. The fourth-order valence-corrected chi connectivity index (χ4v) is 3.14. The van der Waals surface area contributed by atoms with Crippen LogP contribution in [0.5, 0.6) is 5.75 Å². The molecule has 0 unspecified atom stereocenters. The maximum Gasteiger partial charge on any atom is 0.313 e. The monoisotopic (exact) mass is 342 g/mol. The summed E-state index contributed by atoms with van der Waals surface area (Å²) >= 11 is 1.24. The molecule has 3 rings (SSSR count). The van der Waals surface area contributed by atoms with E-state index in [1.807, 2.05) is 30.3 Å². The lowest BCUT2D eigenvalue weighted by atomic mass is 9.97. The van der Waals surface area contributed by atoms with Crippen molar-refractivity contribution < 1.29 is 19.1 Å². The van der Waals surface area contributed by atoms with Crippen molar-refractivity contribution >= 4 is 28.2 Å². The third-order valence-corrected chi connectivity index (χ3v) is 4.43. The molecule has 0 saturated carbocycles. The Bertz CT molecular complexity index is 809. The van der Waals surface area contributed by atoms with Crippen LogP contribution in [0.4, 0.5) is 5.00 Å². The Balaban J connectivity index is 1.51. The molecule has 1 N–H and O–H groups in total. The van der Waals surface area contributed by atoms with Gasteiger partial charge in [-0.25, -0.2) is 0 Å². The first-order valence-corrected chi connectivity index (χ1v) is 8.20. The number of nitriles is 1. The number of thiophene rings is 1. The van der Waals surface area contributed by atoms with Gasteiger partial charge in [-0.1, -0.05) is 18.2 Å². The van der Waals surface area contributed by atoms with Gasteiger partial charge in [0.05, 0.1) is 11.5 Å². The van der Waals surface area contributed by atoms with Crippen molar-refractivity contribution in [3.05, 3.63) is 46.8 Å². The van der Waals surface area contributed by atoms with E-state index in [0.717, 1.165) is 11.3 Å². The summed E-state index contributed by atoms with van der Waals surface area (Å²) in [5.74, 6) is -0.587. The lowest BCUT2D eigenvalue weighted by molar-refractivity contribution is -0.152. The van der Waals surface area contributed by atoms with E-state index in [9.17, 15) is 9.59 Å². The summed E-state index contributed by atoms with van der Waals surface area (Å²) in [6, 6.07) is 11.1. The predicted octanol–water partition coefficient (Wildman–Crippen LogP) is 2.35. The zero-order valence-corrected chi connectivity index (χ0v) is 13.5. The van der Waals surface area contributed by atoms with Gasteiger partial charge in [0.2, 0.25) is 0 Å². The maximum atomic E-state index is 12.1. The first-order chi connectivity index (χ1) is 11.7. The highest BCUT2D eigenvalue weighted by Gasteiger charge is 2.27. The van der Waals surface area contributed by atoms with Crippen LogP contribution in [0.1, 0.15) is 11.1 Å². The topological polar surface area (TPSA) is 88.4 Å². The Morgan fingerprint density at radius 3 is 3.04 bits per heavy atom. The summed E-state index contributed by atoms with van der Waals surface area (Å²) in [6.45, 7) is -0.152. The summed E-state index contributed by atoms with van der Waals surface area (Å²) in [4.78, 5) is 23.9. The Kier molecular flexibility index (Phi) is 4.77. The number of nitrogens with one attached hydrogen (secondary N) is 1. The second-order valence-corrected chi connectivity index (χ2v) is 6.17. The molecule has 0 fully saturated rings. The molecule has 0 spiro atoms. The molecular formula is C17H14N2O4S. The molecule has 1 amide bonds. The number of rotatable bonds is 4. The van der Waals surface area contributed by atoms with Crippen molar-refractivity contribution in [2.45, 2.75) is 6.42 Å². The highest BCUT2D eigenvalue weighted by molar-refractivity contribution is 7.14. The molecule has 2 aromatic rings. The molecule has 1 aliphatic heterocycles. The molecule has 1 aromatic heterocycles. The minimum atomic E-state index is -0.473. The van der Waals surface area contributed by atoms with E-state index < -0.39 is 17.8 Å². The lowest BCUT2D eigenvalue weighted by Crippen LogP contribution is -2.31.